The monoisotopic (exact) mass is 356 g/mol. The molecule has 0 N–H and O–H groups in total. The molecule has 1 fully saturated rings. The van der Waals surface area contributed by atoms with Gasteiger partial charge in [0.2, 0.25) is 0 Å². The fourth-order valence-electron chi connectivity index (χ4n) is 3.07. The average Bonchev–Trinajstić information content (AvgIpc) is 2.88. The number of cyclic esters (lactones) is 1. The number of fused-ring (bicyclic) bond motifs is 1. The van der Waals surface area contributed by atoms with E-state index in [1.807, 2.05) is 55.6 Å². The van der Waals surface area contributed by atoms with Crippen LogP contribution >= 0.6 is 11.8 Å². The molecule has 0 aromatic heterocycles. The van der Waals surface area contributed by atoms with E-state index in [4.69, 9.17) is 4.74 Å². The van der Waals surface area contributed by atoms with Gasteiger partial charge in [-0.3, -0.25) is 14.4 Å². The van der Waals surface area contributed by atoms with Crippen molar-refractivity contribution in [2.45, 2.75) is 31.1 Å². The Kier molecular flexibility index (Phi) is 5.23. The van der Waals surface area contributed by atoms with E-state index in [0.717, 1.165) is 16.3 Å². The Bertz CT molecular complexity index is 829. The number of carbonyl (C=O) groups excluding carboxylic acids is 3. The molecule has 25 heavy (non-hydrogen) atoms. The molecule has 1 saturated heterocycles. The van der Waals surface area contributed by atoms with Gasteiger partial charge in [-0.2, -0.15) is 11.8 Å². The third-order valence-electron chi connectivity index (χ3n) is 4.56. The maximum absolute atomic E-state index is 12.5. The first-order chi connectivity index (χ1) is 12.0. The van der Waals surface area contributed by atoms with Gasteiger partial charge in [0.25, 0.3) is 0 Å². The number of hydrogen-bond donors (Lipinski definition) is 0. The van der Waals surface area contributed by atoms with Gasteiger partial charge in [-0.05, 0) is 22.6 Å². The van der Waals surface area contributed by atoms with E-state index in [2.05, 4.69) is 0 Å². The Morgan fingerprint density at radius 2 is 1.88 bits per heavy atom. The summed E-state index contributed by atoms with van der Waals surface area (Å²) >= 11 is 1.60. The van der Waals surface area contributed by atoms with Crippen LogP contribution in [0.25, 0.3) is 10.8 Å². The van der Waals surface area contributed by atoms with Gasteiger partial charge in [0, 0.05) is 18.1 Å². The molecule has 0 aliphatic carbocycles. The SMILES string of the molecule is CSC(C)CC1OC(=O)C(C(=O)Cc2ccc3ccccc3c2)C1=O. The van der Waals surface area contributed by atoms with Crippen LogP contribution in [0, 0.1) is 5.92 Å². The van der Waals surface area contributed by atoms with Crippen molar-refractivity contribution < 1.29 is 19.1 Å². The van der Waals surface area contributed by atoms with Gasteiger partial charge < -0.3 is 4.74 Å². The van der Waals surface area contributed by atoms with Crippen molar-refractivity contribution in [3.05, 3.63) is 48.0 Å². The summed E-state index contributed by atoms with van der Waals surface area (Å²) in [6.45, 7) is 1.97. The molecule has 0 radical (unpaired) electrons. The molecule has 0 spiro atoms. The summed E-state index contributed by atoms with van der Waals surface area (Å²) in [5, 5.41) is 2.30. The highest BCUT2D eigenvalue weighted by molar-refractivity contribution is 7.99. The summed E-state index contributed by atoms with van der Waals surface area (Å²) in [5.74, 6) is -2.75. The number of benzene rings is 2. The largest absolute Gasteiger partial charge is 0.453 e. The first kappa shape index (κ1) is 17.7. The van der Waals surface area contributed by atoms with E-state index in [-0.39, 0.29) is 17.5 Å². The van der Waals surface area contributed by atoms with E-state index < -0.39 is 23.8 Å². The fourth-order valence-corrected chi connectivity index (χ4v) is 3.44. The molecule has 2 aromatic carbocycles. The number of rotatable bonds is 6. The minimum Gasteiger partial charge on any atom is -0.453 e. The van der Waals surface area contributed by atoms with Crippen molar-refractivity contribution in [3.63, 3.8) is 0 Å². The van der Waals surface area contributed by atoms with Crippen LogP contribution in [0.3, 0.4) is 0 Å². The number of hydrogen-bond acceptors (Lipinski definition) is 5. The second-order valence-corrected chi connectivity index (χ2v) is 7.64. The molecule has 130 valence electrons. The summed E-state index contributed by atoms with van der Waals surface area (Å²) in [6.07, 6.45) is 1.65. The quantitative estimate of drug-likeness (QED) is 0.588. The lowest BCUT2D eigenvalue weighted by Gasteiger charge is -2.12. The maximum Gasteiger partial charge on any atom is 0.325 e. The predicted octanol–water partition coefficient (Wildman–Crippen LogP) is 3.20. The van der Waals surface area contributed by atoms with Crippen molar-refractivity contribution in [2.24, 2.45) is 5.92 Å². The zero-order valence-corrected chi connectivity index (χ0v) is 15.0. The van der Waals surface area contributed by atoms with Crippen LogP contribution in [-0.2, 0) is 25.5 Å². The molecule has 0 amide bonds. The lowest BCUT2D eigenvalue weighted by atomic mass is 9.92. The fraction of sp³-hybridized carbons (Fsp3) is 0.350. The Balaban J connectivity index is 1.73. The van der Waals surface area contributed by atoms with Crippen LogP contribution in [0.4, 0.5) is 0 Å². The first-order valence-corrected chi connectivity index (χ1v) is 9.56. The van der Waals surface area contributed by atoms with Gasteiger partial charge in [-0.1, -0.05) is 49.4 Å². The lowest BCUT2D eigenvalue weighted by Crippen LogP contribution is -2.30. The van der Waals surface area contributed by atoms with Gasteiger partial charge in [0.05, 0.1) is 0 Å². The summed E-state index contributed by atoms with van der Waals surface area (Å²) in [6, 6.07) is 13.6. The number of carbonyl (C=O) groups is 3. The molecule has 3 rings (SSSR count). The summed E-state index contributed by atoms with van der Waals surface area (Å²) in [5.41, 5.74) is 0.797. The first-order valence-electron chi connectivity index (χ1n) is 8.27. The highest BCUT2D eigenvalue weighted by Crippen LogP contribution is 2.26. The lowest BCUT2D eigenvalue weighted by molar-refractivity contribution is -0.146. The molecule has 1 aliphatic rings. The van der Waals surface area contributed by atoms with Crippen molar-refractivity contribution >= 4 is 40.1 Å². The third-order valence-corrected chi connectivity index (χ3v) is 5.56. The zero-order valence-electron chi connectivity index (χ0n) is 14.2. The summed E-state index contributed by atoms with van der Waals surface area (Å²) < 4.78 is 5.17. The number of Topliss-reactive ketones (excluding diaryl/α,β-unsaturated/α-hetero) is 2. The highest BCUT2D eigenvalue weighted by atomic mass is 32.2. The van der Waals surface area contributed by atoms with E-state index in [1.54, 1.807) is 11.8 Å². The molecule has 2 aromatic rings. The highest BCUT2D eigenvalue weighted by Gasteiger charge is 2.47. The topological polar surface area (TPSA) is 60.4 Å². The summed E-state index contributed by atoms with van der Waals surface area (Å²) in [7, 11) is 0. The zero-order chi connectivity index (χ0) is 18.0. The number of esters is 1. The molecular weight excluding hydrogens is 336 g/mol. The third kappa shape index (κ3) is 3.76. The Hall–Kier alpha value is -2.14. The van der Waals surface area contributed by atoms with Crippen LogP contribution < -0.4 is 0 Å². The second-order valence-electron chi connectivity index (χ2n) is 6.37. The molecule has 0 bridgehead atoms. The molecule has 3 unspecified atom stereocenters. The standard InChI is InChI=1S/C20H20O4S/c1-12(25-2)9-17-19(22)18(20(23)24-17)16(21)11-13-7-8-14-5-3-4-6-15(14)10-13/h3-8,10,12,17-18H,9,11H2,1-2H3. The molecule has 5 heteroatoms. The summed E-state index contributed by atoms with van der Waals surface area (Å²) in [4.78, 5) is 37.0. The molecule has 1 aliphatic heterocycles. The van der Waals surface area contributed by atoms with Crippen LogP contribution in [0.15, 0.2) is 42.5 Å². The number of ketones is 2. The Morgan fingerprint density at radius 1 is 1.16 bits per heavy atom. The van der Waals surface area contributed by atoms with Crippen molar-refractivity contribution in [3.8, 4) is 0 Å². The van der Waals surface area contributed by atoms with E-state index in [9.17, 15) is 14.4 Å². The number of ether oxygens (including phenoxy) is 1. The predicted molar refractivity (Wildman–Crippen MR) is 98.6 cm³/mol. The minimum atomic E-state index is -1.27. The molecular formula is C20H20O4S. The molecule has 1 heterocycles. The normalized spacial score (nSPS) is 21.4. The van der Waals surface area contributed by atoms with E-state index in [1.165, 1.54) is 0 Å². The van der Waals surface area contributed by atoms with Crippen molar-refractivity contribution in [1.82, 2.24) is 0 Å². The average molecular weight is 356 g/mol. The molecule has 3 atom stereocenters. The van der Waals surface area contributed by atoms with Gasteiger partial charge in [-0.25, -0.2) is 0 Å². The Morgan fingerprint density at radius 3 is 2.60 bits per heavy atom. The van der Waals surface area contributed by atoms with Crippen molar-refractivity contribution in [2.75, 3.05) is 6.26 Å². The van der Waals surface area contributed by atoms with Crippen LogP contribution in [0.5, 0.6) is 0 Å². The second kappa shape index (κ2) is 7.40. The minimum absolute atomic E-state index is 0.0567. The molecule has 0 saturated carbocycles. The maximum atomic E-state index is 12.5. The van der Waals surface area contributed by atoms with Gasteiger partial charge in [0.15, 0.2) is 23.6 Å². The number of thioether (sulfide) groups is 1. The van der Waals surface area contributed by atoms with Crippen LogP contribution in [0.2, 0.25) is 0 Å². The van der Waals surface area contributed by atoms with Gasteiger partial charge >= 0.3 is 5.97 Å². The van der Waals surface area contributed by atoms with Gasteiger partial charge in [0.1, 0.15) is 0 Å². The smallest absolute Gasteiger partial charge is 0.325 e. The van der Waals surface area contributed by atoms with E-state index in [0.29, 0.717) is 6.42 Å². The van der Waals surface area contributed by atoms with Crippen LogP contribution in [0.1, 0.15) is 18.9 Å². The Labute approximate surface area is 150 Å². The molecule has 4 nitrogen and oxygen atoms in total. The van der Waals surface area contributed by atoms with Gasteiger partial charge in [-0.15, -0.1) is 0 Å². The van der Waals surface area contributed by atoms with Crippen LogP contribution in [-0.4, -0.2) is 35.1 Å². The van der Waals surface area contributed by atoms with Crippen molar-refractivity contribution in [1.29, 1.82) is 0 Å². The van der Waals surface area contributed by atoms with E-state index >= 15 is 0 Å².